The lowest BCUT2D eigenvalue weighted by molar-refractivity contribution is -0.274. The highest BCUT2D eigenvalue weighted by molar-refractivity contribution is 6.09. The molecule has 0 saturated carbocycles. The van der Waals surface area contributed by atoms with Crippen molar-refractivity contribution in [2.75, 3.05) is 5.32 Å². The van der Waals surface area contributed by atoms with Crippen LogP contribution in [0.15, 0.2) is 36.4 Å². The SMILES string of the molecule is O=C(O)c1ccc2c(c1)C(=O)Nc1cc(OC(F)(F)F)ccc1O2. The van der Waals surface area contributed by atoms with E-state index in [1.807, 2.05) is 0 Å². The largest absolute Gasteiger partial charge is 0.573 e. The Morgan fingerprint density at radius 1 is 1.12 bits per heavy atom. The number of anilines is 1. The standard InChI is InChI=1S/C15H8F3NO5/c16-15(17,18)24-8-2-4-12-10(6-8)19-13(20)9-5-7(14(21)22)1-3-11(9)23-12/h1-6H,(H,19,20)(H,21,22). The maximum Gasteiger partial charge on any atom is 0.573 e. The molecule has 0 aromatic heterocycles. The average molecular weight is 339 g/mol. The van der Waals surface area contributed by atoms with Crippen LogP contribution in [0.2, 0.25) is 0 Å². The van der Waals surface area contributed by atoms with Crippen molar-refractivity contribution in [1.29, 1.82) is 0 Å². The third-order valence-corrected chi connectivity index (χ3v) is 3.12. The van der Waals surface area contributed by atoms with Gasteiger partial charge in [0.15, 0.2) is 5.75 Å². The average Bonchev–Trinajstić information content (AvgIpc) is 2.61. The summed E-state index contributed by atoms with van der Waals surface area (Å²) in [6.07, 6.45) is -4.87. The van der Waals surface area contributed by atoms with Gasteiger partial charge >= 0.3 is 12.3 Å². The van der Waals surface area contributed by atoms with E-state index in [0.29, 0.717) is 0 Å². The molecule has 0 unspecified atom stereocenters. The lowest BCUT2D eigenvalue weighted by atomic mass is 10.1. The van der Waals surface area contributed by atoms with Crippen LogP contribution in [-0.2, 0) is 0 Å². The number of aromatic carboxylic acids is 1. The minimum absolute atomic E-state index is 0.0326. The number of carbonyl (C=O) groups excluding carboxylic acids is 1. The number of amides is 1. The van der Waals surface area contributed by atoms with Gasteiger partial charge in [-0.05, 0) is 30.3 Å². The molecule has 0 bridgehead atoms. The molecule has 2 aromatic rings. The van der Waals surface area contributed by atoms with Crippen LogP contribution < -0.4 is 14.8 Å². The molecule has 1 heterocycles. The fraction of sp³-hybridized carbons (Fsp3) is 0.0667. The number of alkyl halides is 3. The Morgan fingerprint density at radius 2 is 1.83 bits per heavy atom. The van der Waals surface area contributed by atoms with E-state index in [1.165, 1.54) is 18.2 Å². The van der Waals surface area contributed by atoms with E-state index in [9.17, 15) is 22.8 Å². The summed E-state index contributed by atoms with van der Waals surface area (Å²) < 4.78 is 46.1. The molecule has 1 amide bonds. The molecular weight excluding hydrogens is 331 g/mol. The van der Waals surface area contributed by atoms with Gasteiger partial charge in [-0.3, -0.25) is 4.79 Å². The second-order valence-electron chi connectivity index (χ2n) is 4.78. The maximum atomic E-state index is 12.3. The molecule has 0 saturated heterocycles. The highest BCUT2D eigenvalue weighted by Gasteiger charge is 2.32. The molecule has 24 heavy (non-hydrogen) atoms. The van der Waals surface area contributed by atoms with Crippen LogP contribution in [0.4, 0.5) is 18.9 Å². The van der Waals surface area contributed by atoms with Crippen LogP contribution in [-0.4, -0.2) is 23.3 Å². The minimum atomic E-state index is -4.87. The quantitative estimate of drug-likeness (QED) is 0.872. The van der Waals surface area contributed by atoms with E-state index in [4.69, 9.17) is 9.84 Å². The van der Waals surface area contributed by atoms with Gasteiger partial charge in [-0.15, -0.1) is 13.2 Å². The fourth-order valence-corrected chi connectivity index (χ4v) is 2.13. The molecule has 0 aliphatic carbocycles. The summed E-state index contributed by atoms with van der Waals surface area (Å²) in [5, 5.41) is 11.3. The van der Waals surface area contributed by atoms with Gasteiger partial charge in [0.05, 0.1) is 16.8 Å². The Bertz CT molecular complexity index is 847. The second kappa shape index (κ2) is 5.44. The second-order valence-corrected chi connectivity index (χ2v) is 4.78. The van der Waals surface area contributed by atoms with Crippen LogP contribution in [0.25, 0.3) is 0 Å². The Morgan fingerprint density at radius 3 is 2.50 bits per heavy atom. The first-order chi connectivity index (χ1) is 11.2. The molecule has 124 valence electrons. The zero-order chi connectivity index (χ0) is 17.5. The number of carboxylic acids is 1. The summed E-state index contributed by atoms with van der Waals surface area (Å²) in [5.74, 6) is -2.29. The molecule has 0 atom stereocenters. The maximum absolute atomic E-state index is 12.3. The molecule has 3 rings (SSSR count). The van der Waals surface area contributed by atoms with Crippen LogP contribution >= 0.6 is 0 Å². The number of ether oxygens (including phenoxy) is 2. The monoisotopic (exact) mass is 339 g/mol. The number of carboxylic acid groups (broad SMARTS) is 1. The summed E-state index contributed by atoms with van der Waals surface area (Å²) in [6.45, 7) is 0. The minimum Gasteiger partial charge on any atom is -0.478 e. The Hall–Kier alpha value is -3.23. The molecule has 9 heteroatoms. The summed E-state index contributed by atoms with van der Waals surface area (Å²) >= 11 is 0. The van der Waals surface area contributed by atoms with E-state index in [0.717, 1.165) is 18.2 Å². The smallest absolute Gasteiger partial charge is 0.478 e. The molecule has 0 radical (unpaired) electrons. The molecule has 6 nitrogen and oxygen atoms in total. The van der Waals surface area contributed by atoms with E-state index in [2.05, 4.69) is 10.1 Å². The molecule has 0 spiro atoms. The predicted octanol–water partition coefficient (Wildman–Crippen LogP) is 3.64. The van der Waals surface area contributed by atoms with Gasteiger partial charge in [-0.2, -0.15) is 0 Å². The van der Waals surface area contributed by atoms with Gasteiger partial charge in [-0.25, -0.2) is 4.79 Å². The number of benzene rings is 2. The highest BCUT2D eigenvalue weighted by Crippen LogP contribution is 2.38. The molecule has 0 fully saturated rings. The highest BCUT2D eigenvalue weighted by atomic mass is 19.4. The fourth-order valence-electron chi connectivity index (χ4n) is 2.13. The number of carbonyl (C=O) groups is 2. The molecular formula is C15H8F3NO5. The zero-order valence-electron chi connectivity index (χ0n) is 11.7. The van der Waals surface area contributed by atoms with Gasteiger partial charge in [0, 0.05) is 6.07 Å². The van der Waals surface area contributed by atoms with Crippen molar-refractivity contribution < 1.29 is 37.3 Å². The molecule has 2 aromatic carbocycles. The van der Waals surface area contributed by atoms with Crippen LogP contribution in [0.5, 0.6) is 17.2 Å². The van der Waals surface area contributed by atoms with Crippen molar-refractivity contribution in [3.8, 4) is 17.2 Å². The van der Waals surface area contributed by atoms with E-state index < -0.39 is 24.0 Å². The number of hydrogen-bond donors (Lipinski definition) is 2. The first kappa shape index (κ1) is 15.7. The summed E-state index contributed by atoms with van der Waals surface area (Å²) in [6, 6.07) is 6.87. The van der Waals surface area contributed by atoms with Crippen LogP contribution in [0, 0.1) is 0 Å². The van der Waals surface area contributed by atoms with Crippen molar-refractivity contribution in [3.05, 3.63) is 47.5 Å². The normalized spacial score (nSPS) is 13.0. The van der Waals surface area contributed by atoms with Crippen molar-refractivity contribution in [2.45, 2.75) is 6.36 Å². The van der Waals surface area contributed by atoms with Gasteiger partial charge in [-0.1, -0.05) is 0 Å². The lowest BCUT2D eigenvalue weighted by Gasteiger charge is -2.12. The first-order valence-electron chi connectivity index (χ1n) is 6.49. The molecule has 2 N–H and O–H groups in total. The zero-order valence-corrected chi connectivity index (χ0v) is 11.7. The topological polar surface area (TPSA) is 84.9 Å². The van der Waals surface area contributed by atoms with E-state index in [-0.39, 0.29) is 28.3 Å². The lowest BCUT2D eigenvalue weighted by Crippen LogP contribution is -2.17. The van der Waals surface area contributed by atoms with Crippen LogP contribution in [0.1, 0.15) is 20.7 Å². The number of rotatable bonds is 2. The third-order valence-electron chi connectivity index (χ3n) is 3.12. The molecule has 1 aliphatic rings. The Labute approximate surface area is 132 Å². The van der Waals surface area contributed by atoms with Gasteiger partial charge < -0.3 is 19.9 Å². The Balaban J connectivity index is 1.99. The number of halogens is 3. The summed E-state index contributed by atoms with van der Waals surface area (Å²) in [4.78, 5) is 23.2. The van der Waals surface area contributed by atoms with Crippen molar-refractivity contribution in [1.82, 2.24) is 0 Å². The van der Waals surface area contributed by atoms with Gasteiger partial charge in [0.25, 0.3) is 5.91 Å². The number of hydrogen-bond acceptors (Lipinski definition) is 4. The summed E-state index contributed by atoms with van der Waals surface area (Å²) in [7, 11) is 0. The first-order valence-corrected chi connectivity index (χ1v) is 6.49. The van der Waals surface area contributed by atoms with Crippen molar-refractivity contribution in [2.24, 2.45) is 0 Å². The van der Waals surface area contributed by atoms with Crippen molar-refractivity contribution in [3.63, 3.8) is 0 Å². The Kier molecular flexibility index (Phi) is 3.55. The third kappa shape index (κ3) is 3.09. The summed E-state index contributed by atoms with van der Waals surface area (Å²) in [5.41, 5.74) is -0.209. The van der Waals surface area contributed by atoms with E-state index in [1.54, 1.807) is 0 Å². The van der Waals surface area contributed by atoms with Crippen LogP contribution in [0.3, 0.4) is 0 Å². The van der Waals surface area contributed by atoms with Gasteiger partial charge in [0.1, 0.15) is 11.5 Å². The van der Waals surface area contributed by atoms with E-state index >= 15 is 0 Å². The number of nitrogens with one attached hydrogen (secondary N) is 1. The predicted molar refractivity (Wildman–Crippen MR) is 74.6 cm³/mol. The van der Waals surface area contributed by atoms with Gasteiger partial charge in [0.2, 0.25) is 0 Å². The van der Waals surface area contributed by atoms with Crippen molar-refractivity contribution >= 4 is 17.6 Å². The molecule has 1 aliphatic heterocycles. The number of fused-ring (bicyclic) bond motifs is 2.